The van der Waals surface area contributed by atoms with Crippen LogP contribution in [0.4, 0.5) is 5.82 Å². The van der Waals surface area contributed by atoms with Crippen molar-refractivity contribution in [1.82, 2.24) is 19.7 Å². The van der Waals surface area contributed by atoms with E-state index in [1.165, 1.54) is 10.7 Å². The number of carboxylic acids is 1. The maximum Gasteiger partial charge on any atom is 0.307 e. The molecule has 26 heavy (non-hydrogen) atoms. The third-order valence-corrected chi connectivity index (χ3v) is 4.56. The quantitative estimate of drug-likeness (QED) is 0.756. The number of hydrogen-bond donors (Lipinski definition) is 3. The second-order valence-electron chi connectivity index (χ2n) is 6.62. The summed E-state index contributed by atoms with van der Waals surface area (Å²) in [6.45, 7) is 3.44. The third-order valence-electron chi connectivity index (χ3n) is 4.56. The molecule has 1 saturated carbocycles. The molecule has 3 rings (SSSR count). The van der Waals surface area contributed by atoms with Crippen LogP contribution in [0.25, 0.3) is 5.95 Å². The minimum Gasteiger partial charge on any atom is -0.481 e. The molecule has 1 fully saturated rings. The Kier molecular flexibility index (Phi) is 4.88. The second-order valence-corrected chi connectivity index (χ2v) is 6.62. The Morgan fingerprint density at radius 1 is 1.19 bits per heavy atom. The summed E-state index contributed by atoms with van der Waals surface area (Å²) in [6, 6.07) is 3.01. The Morgan fingerprint density at radius 3 is 2.54 bits per heavy atom. The van der Waals surface area contributed by atoms with Crippen LogP contribution in [0.1, 0.15) is 37.1 Å². The molecule has 2 heterocycles. The van der Waals surface area contributed by atoms with Crippen LogP contribution in [-0.4, -0.2) is 36.7 Å². The summed E-state index contributed by atoms with van der Waals surface area (Å²) in [6.07, 6.45) is 2.67. The fraction of sp³-hybridized carbons (Fsp3) is 0.471. The summed E-state index contributed by atoms with van der Waals surface area (Å²) in [5.41, 5.74) is 0.825. The summed E-state index contributed by atoms with van der Waals surface area (Å²) >= 11 is 0. The zero-order chi connectivity index (χ0) is 18.8. The fourth-order valence-corrected chi connectivity index (χ4v) is 3.37. The highest BCUT2D eigenvalue weighted by Gasteiger charge is 2.36. The molecule has 1 aliphatic rings. The average molecular weight is 359 g/mol. The minimum absolute atomic E-state index is 0.192. The van der Waals surface area contributed by atoms with Gasteiger partial charge in [0.05, 0.1) is 17.5 Å². The van der Waals surface area contributed by atoms with Gasteiger partial charge < -0.3 is 10.4 Å². The Morgan fingerprint density at radius 2 is 1.88 bits per heavy atom. The van der Waals surface area contributed by atoms with Crippen LogP contribution in [0, 0.1) is 25.7 Å². The number of aromatic nitrogens is 4. The molecule has 0 unspecified atom stereocenters. The van der Waals surface area contributed by atoms with Gasteiger partial charge in [0.1, 0.15) is 5.82 Å². The Bertz CT molecular complexity index is 901. The number of hydrogen-bond acceptors (Lipinski definition) is 5. The lowest BCUT2D eigenvalue weighted by Crippen LogP contribution is -2.36. The van der Waals surface area contributed by atoms with Crippen molar-refractivity contribution in [2.75, 3.05) is 5.32 Å². The normalized spacial score (nSPS) is 19.9. The number of carbonyl (C=O) groups is 2. The van der Waals surface area contributed by atoms with Crippen LogP contribution in [0.5, 0.6) is 0 Å². The summed E-state index contributed by atoms with van der Waals surface area (Å²) in [5, 5.41) is 16.4. The first-order valence-corrected chi connectivity index (χ1v) is 8.54. The van der Waals surface area contributed by atoms with Gasteiger partial charge >= 0.3 is 5.97 Å². The van der Waals surface area contributed by atoms with Gasteiger partial charge in [-0.25, -0.2) is 4.98 Å². The summed E-state index contributed by atoms with van der Waals surface area (Å²) in [7, 11) is 0. The van der Waals surface area contributed by atoms with Crippen molar-refractivity contribution >= 4 is 17.7 Å². The first-order valence-electron chi connectivity index (χ1n) is 8.54. The van der Waals surface area contributed by atoms with Gasteiger partial charge in [0.15, 0.2) is 0 Å². The minimum atomic E-state index is -0.945. The molecular weight excluding hydrogens is 338 g/mol. The number of aryl methyl sites for hydroxylation is 2. The largest absolute Gasteiger partial charge is 0.481 e. The fourth-order valence-electron chi connectivity index (χ4n) is 3.37. The predicted octanol–water partition coefficient (Wildman–Crippen LogP) is 1.40. The van der Waals surface area contributed by atoms with Gasteiger partial charge in [0, 0.05) is 17.8 Å². The lowest BCUT2D eigenvalue weighted by molar-refractivity contribution is -0.147. The van der Waals surface area contributed by atoms with Crippen LogP contribution in [-0.2, 0) is 9.59 Å². The van der Waals surface area contributed by atoms with E-state index in [0.29, 0.717) is 30.0 Å². The van der Waals surface area contributed by atoms with E-state index in [4.69, 9.17) is 0 Å². The van der Waals surface area contributed by atoms with Gasteiger partial charge in [-0.05, 0) is 26.7 Å². The van der Waals surface area contributed by atoms with Crippen molar-refractivity contribution in [3.63, 3.8) is 0 Å². The van der Waals surface area contributed by atoms with Crippen LogP contribution in [0.2, 0.25) is 0 Å². The molecule has 1 amide bonds. The van der Waals surface area contributed by atoms with E-state index in [2.05, 4.69) is 20.4 Å². The van der Waals surface area contributed by atoms with E-state index in [1.54, 1.807) is 19.9 Å². The molecular formula is C17H21N5O4. The van der Waals surface area contributed by atoms with Crippen LogP contribution < -0.4 is 10.9 Å². The molecule has 9 heteroatoms. The zero-order valence-corrected chi connectivity index (χ0v) is 14.7. The van der Waals surface area contributed by atoms with E-state index in [1.807, 2.05) is 0 Å². The number of nitrogens with zero attached hydrogens (tertiary/aromatic N) is 3. The molecule has 1 aliphatic carbocycles. The van der Waals surface area contributed by atoms with Gasteiger partial charge in [-0.15, -0.1) is 0 Å². The summed E-state index contributed by atoms with van der Waals surface area (Å²) in [4.78, 5) is 42.7. The van der Waals surface area contributed by atoms with Crippen LogP contribution in [0.15, 0.2) is 16.9 Å². The second kappa shape index (κ2) is 7.11. The first kappa shape index (κ1) is 17.8. The van der Waals surface area contributed by atoms with E-state index in [0.717, 1.165) is 12.8 Å². The predicted molar refractivity (Wildman–Crippen MR) is 93.2 cm³/mol. The molecule has 0 aliphatic heterocycles. The van der Waals surface area contributed by atoms with Crippen molar-refractivity contribution < 1.29 is 14.7 Å². The Balaban J connectivity index is 1.89. The molecule has 0 aromatic carbocycles. The lowest BCUT2D eigenvalue weighted by Gasteiger charge is -2.27. The molecule has 0 bridgehead atoms. The van der Waals surface area contributed by atoms with Gasteiger partial charge in [-0.1, -0.05) is 12.8 Å². The summed E-state index contributed by atoms with van der Waals surface area (Å²) in [5.74, 6) is -2.03. The molecule has 9 nitrogen and oxygen atoms in total. The number of aromatic amines is 1. The van der Waals surface area contributed by atoms with Crippen LogP contribution >= 0.6 is 0 Å². The molecule has 2 aromatic heterocycles. The third kappa shape index (κ3) is 3.66. The van der Waals surface area contributed by atoms with Crippen molar-refractivity contribution in [2.24, 2.45) is 11.8 Å². The molecule has 138 valence electrons. The number of carbonyl (C=O) groups excluding carboxylic acids is 1. The number of rotatable bonds is 4. The maximum absolute atomic E-state index is 12.7. The van der Waals surface area contributed by atoms with Crippen LogP contribution in [0.3, 0.4) is 0 Å². The molecule has 2 aromatic rings. The molecule has 2 atom stereocenters. The Labute approximate surface area is 149 Å². The molecule has 0 radical (unpaired) electrons. The SMILES string of the molecule is Cc1cc(=O)[nH]c(-n2nc(C)cc2NC(=O)[C@H]2CCCC[C@H]2C(=O)O)n1. The molecule has 0 saturated heterocycles. The smallest absolute Gasteiger partial charge is 0.307 e. The highest BCUT2D eigenvalue weighted by Crippen LogP contribution is 2.31. The summed E-state index contributed by atoms with van der Waals surface area (Å²) < 4.78 is 1.35. The topological polar surface area (TPSA) is 130 Å². The Hall–Kier alpha value is -2.97. The number of H-pyrrole nitrogens is 1. The number of aliphatic carboxylic acids is 1. The van der Waals surface area contributed by atoms with Gasteiger partial charge in [-0.3, -0.25) is 19.4 Å². The van der Waals surface area contributed by atoms with E-state index >= 15 is 0 Å². The van der Waals surface area contributed by atoms with Crippen molar-refractivity contribution in [1.29, 1.82) is 0 Å². The average Bonchev–Trinajstić information content (AvgIpc) is 2.94. The number of nitrogens with one attached hydrogen (secondary N) is 2. The lowest BCUT2D eigenvalue weighted by atomic mass is 9.79. The van der Waals surface area contributed by atoms with E-state index in [-0.39, 0.29) is 17.4 Å². The van der Waals surface area contributed by atoms with E-state index < -0.39 is 17.8 Å². The number of anilines is 1. The standard InChI is InChI=1S/C17H21N5O4/c1-9-8-14(23)20-17(18-9)22-13(7-10(2)21-22)19-15(24)11-5-3-4-6-12(11)16(25)26/h7-8,11-12H,3-6H2,1-2H3,(H,19,24)(H,25,26)(H,18,20,23)/t11-,12+/m0/s1. The monoisotopic (exact) mass is 359 g/mol. The zero-order valence-electron chi connectivity index (χ0n) is 14.7. The molecule has 0 spiro atoms. The van der Waals surface area contributed by atoms with Crippen molar-refractivity contribution in [3.05, 3.63) is 33.9 Å². The highest BCUT2D eigenvalue weighted by molar-refractivity contribution is 5.94. The van der Waals surface area contributed by atoms with Crippen molar-refractivity contribution in [3.8, 4) is 5.95 Å². The highest BCUT2D eigenvalue weighted by atomic mass is 16.4. The molecule has 3 N–H and O–H groups in total. The number of carboxylic acid groups (broad SMARTS) is 1. The first-order chi connectivity index (χ1) is 12.3. The van der Waals surface area contributed by atoms with Gasteiger partial charge in [0.25, 0.3) is 5.56 Å². The van der Waals surface area contributed by atoms with Crippen molar-refractivity contribution in [2.45, 2.75) is 39.5 Å². The van der Waals surface area contributed by atoms with E-state index in [9.17, 15) is 19.5 Å². The maximum atomic E-state index is 12.7. The number of amides is 1. The van der Waals surface area contributed by atoms with Gasteiger partial charge in [-0.2, -0.15) is 9.78 Å². The van der Waals surface area contributed by atoms with Gasteiger partial charge in [0.2, 0.25) is 11.9 Å².